The zero-order valence-corrected chi connectivity index (χ0v) is 17.6. The number of hydrogen-bond donors (Lipinski definition) is 2. The number of esters is 1. The molecule has 1 aromatic heterocycles. The van der Waals surface area contributed by atoms with E-state index in [1.54, 1.807) is 44.2 Å². The number of nitrogens with one attached hydrogen (secondary N) is 2. The Bertz CT molecular complexity index is 1200. The van der Waals surface area contributed by atoms with Gasteiger partial charge in [0.05, 0.1) is 12.3 Å². The maximum absolute atomic E-state index is 12.9. The number of para-hydroxylation sites is 2. The lowest BCUT2D eigenvalue weighted by Gasteiger charge is -2.22. The molecule has 32 heavy (non-hydrogen) atoms. The lowest BCUT2D eigenvalue weighted by atomic mass is 10.1. The van der Waals surface area contributed by atoms with Crippen molar-refractivity contribution in [3.63, 3.8) is 0 Å². The monoisotopic (exact) mass is 434 g/mol. The van der Waals surface area contributed by atoms with E-state index in [2.05, 4.69) is 16.0 Å². The Morgan fingerprint density at radius 2 is 1.81 bits per heavy atom. The van der Waals surface area contributed by atoms with Crippen molar-refractivity contribution in [1.82, 2.24) is 10.9 Å². The molecule has 1 aliphatic heterocycles. The first kappa shape index (κ1) is 21.1. The van der Waals surface area contributed by atoms with E-state index < -0.39 is 23.8 Å². The molecule has 2 heterocycles. The predicted octanol–water partition coefficient (Wildman–Crippen LogP) is 2.70. The van der Waals surface area contributed by atoms with Crippen LogP contribution < -0.4 is 15.9 Å². The third kappa shape index (κ3) is 4.04. The van der Waals surface area contributed by atoms with Crippen molar-refractivity contribution >= 4 is 40.2 Å². The Labute approximate surface area is 184 Å². The number of carbonyl (C=O) groups is 3. The highest BCUT2D eigenvalue weighted by Crippen LogP contribution is 2.26. The van der Waals surface area contributed by atoms with Gasteiger partial charge in [0.1, 0.15) is 17.3 Å². The summed E-state index contributed by atoms with van der Waals surface area (Å²) in [6.45, 7) is 3.67. The van der Waals surface area contributed by atoms with E-state index in [1.807, 2.05) is 24.3 Å². The number of benzene rings is 2. The smallest absolute Gasteiger partial charge is 0.354 e. The first-order chi connectivity index (χ1) is 15.5. The van der Waals surface area contributed by atoms with Crippen molar-refractivity contribution in [2.24, 2.45) is 5.10 Å². The summed E-state index contributed by atoms with van der Waals surface area (Å²) in [7, 11) is 0. The second-order valence-electron chi connectivity index (χ2n) is 7.16. The van der Waals surface area contributed by atoms with Gasteiger partial charge in [-0.3, -0.25) is 25.4 Å². The fourth-order valence-electron chi connectivity index (χ4n) is 3.52. The van der Waals surface area contributed by atoms with E-state index in [0.29, 0.717) is 16.8 Å². The highest BCUT2D eigenvalue weighted by molar-refractivity contribution is 6.38. The maximum Gasteiger partial charge on any atom is 0.354 e. The molecule has 2 N–H and O–H groups in total. The largest absolute Gasteiger partial charge is 0.461 e. The molecule has 2 amide bonds. The number of carbonyl (C=O) groups excluding carboxylic acids is 3. The number of fused-ring (bicyclic) bond motifs is 1. The highest BCUT2D eigenvalue weighted by Gasteiger charge is 2.37. The quantitative estimate of drug-likeness (QED) is 0.472. The number of ether oxygens (including phenoxy) is 1. The Kier molecular flexibility index (Phi) is 5.89. The number of aryl methyl sites for hydroxylation is 1. The summed E-state index contributed by atoms with van der Waals surface area (Å²) in [5.41, 5.74) is 6.83. The van der Waals surface area contributed by atoms with Gasteiger partial charge in [-0.2, -0.15) is 5.10 Å². The molecule has 9 heteroatoms. The average molecular weight is 434 g/mol. The van der Waals surface area contributed by atoms with Crippen LogP contribution in [0.25, 0.3) is 11.0 Å². The molecule has 1 unspecified atom stereocenters. The molecular weight excluding hydrogens is 412 g/mol. The van der Waals surface area contributed by atoms with E-state index in [4.69, 9.17) is 9.15 Å². The van der Waals surface area contributed by atoms with E-state index in [-0.39, 0.29) is 24.5 Å². The minimum Gasteiger partial charge on any atom is -0.461 e. The Morgan fingerprint density at radius 1 is 1.09 bits per heavy atom. The van der Waals surface area contributed by atoms with Crippen LogP contribution >= 0.6 is 0 Å². The van der Waals surface area contributed by atoms with Gasteiger partial charge in [-0.1, -0.05) is 36.4 Å². The van der Waals surface area contributed by atoms with Crippen LogP contribution in [0.3, 0.4) is 0 Å². The summed E-state index contributed by atoms with van der Waals surface area (Å²) in [6, 6.07) is 15.4. The molecule has 0 fully saturated rings. The van der Waals surface area contributed by atoms with Gasteiger partial charge in [0, 0.05) is 17.4 Å². The minimum absolute atomic E-state index is 0.0408. The number of rotatable bonds is 5. The summed E-state index contributed by atoms with van der Waals surface area (Å²) in [4.78, 5) is 37.7. The molecule has 0 bridgehead atoms. The molecule has 3 aromatic rings. The van der Waals surface area contributed by atoms with Gasteiger partial charge >= 0.3 is 11.9 Å². The van der Waals surface area contributed by atoms with Crippen molar-refractivity contribution in [2.75, 3.05) is 11.6 Å². The summed E-state index contributed by atoms with van der Waals surface area (Å²) >= 11 is 0. The van der Waals surface area contributed by atoms with Gasteiger partial charge in [-0.05, 0) is 32.0 Å². The zero-order valence-electron chi connectivity index (χ0n) is 17.6. The van der Waals surface area contributed by atoms with Crippen molar-refractivity contribution < 1.29 is 23.5 Å². The van der Waals surface area contributed by atoms with E-state index in [1.165, 1.54) is 5.01 Å². The summed E-state index contributed by atoms with van der Waals surface area (Å²) in [6.07, 6.45) is 0.0408. The van der Waals surface area contributed by atoms with Crippen LogP contribution in [0.5, 0.6) is 0 Å². The maximum atomic E-state index is 12.9. The first-order valence-electron chi connectivity index (χ1n) is 10.2. The fraction of sp³-hybridized carbons (Fsp3) is 0.217. The van der Waals surface area contributed by atoms with E-state index in [9.17, 15) is 14.4 Å². The van der Waals surface area contributed by atoms with Crippen LogP contribution in [0.4, 0.5) is 5.69 Å². The third-order valence-electron chi connectivity index (χ3n) is 5.09. The molecule has 2 aromatic carbocycles. The third-order valence-corrected chi connectivity index (χ3v) is 5.09. The van der Waals surface area contributed by atoms with Crippen LogP contribution in [-0.4, -0.2) is 36.1 Å². The lowest BCUT2D eigenvalue weighted by Crippen LogP contribution is -2.50. The van der Waals surface area contributed by atoms with Crippen molar-refractivity contribution in [3.8, 4) is 0 Å². The average Bonchev–Trinajstić information content (AvgIpc) is 3.41. The standard InChI is InChI=1S/C23H22N4O5/c1-3-31-23(30)17-13-18(27(26-17)15-9-5-4-6-10-15)21(28)24-25-22(29)20-14(2)16-11-7-8-12-19(16)32-20/h4-12,18H,3,13H2,1-2H3,(H,24,28)(H,25,29). The van der Waals surface area contributed by atoms with Crippen LogP contribution in [0.2, 0.25) is 0 Å². The molecule has 0 aliphatic carbocycles. The van der Waals surface area contributed by atoms with E-state index in [0.717, 1.165) is 5.39 Å². The number of furan rings is 1. The second kappa shape index (κ2) is 8.93. The van der Waals surface area contributed by atoms with Crippen molar-refractivity contribution in [3.05, 3.63) is 65.9 Å². The number of hydrogen-bond acceptors (Lipinski definition) is 7. The molecule has 4 rings (SSSR count). The highest BCUT2D eigenvalue weighted by atomic mass is 16.5. The zero-order chi connectivity index (χ0) is 22.7. The number of hydrazine groups is 1. The van der Waals surface area contributed by atoms with Crippen LogP contribution in [-0.2, 0) is 14.3 Å². The summed E-state index contributed by atoms with van der Waals surface area (Å²) < 4.78 is 10.7. The van der Waals surface area contributed by atoms with Crippen molar-refractivity contribution in [1.29, 1.82) is 0 Å². The van der Waals surface area contributed by atoms with E-state index >= 15 is 0 Å². The molecule has 9 nitrogen and oxygen atoms in total. The summed E-state index contributed by atoms with van der Waals surface area (Å²) in [5.74, 6) is -1.58. The fourth-order valence-corrected chi connectivity index (χ4v) is 3.52. The number of amides is 2. The molecule has 1 atom stereocenters. The van der Waals surface area contributed by atoms with Crippen LogP contribution in [0.1, 0.15) is 29.5 Å². The minimum atomic E-state index is -0.839. The molecule has 0 saturated carbocycles. The normalized spacial score (nSPS) is 15.4. The predicted molar refractivity (Wildman–Crippen MR) is 118 cm³/mol. The van der Waals surface area contributed by atoms with Gasteiger partial charge in [-0.15, -0.1) is 0 Å². The van der Waals surface area contributed by atoms with Crippen molar-refractivity contribution in [2.45, 2.75) is 26.3 Å². The van der Waals surface area contributed by atoms with Gasteiger partial charge in [0.15, 0.2) is 5.76 Å². The topological polar surface area (TPSA) is 113 Å². The molecule has 0 radical (unpaired) electrons. The second-order valence-corrected chi connectivity index (χ2v) is 7.16. The number of nitrogens with zero attached hydrogens (tertiary/aromatic N) is 2. The van der Waals surface area contributed by atoms with Crippen LogP contribution in [0.15, 0.2) is 64.1 Å². The van der Waals surface area contributed by atoms with Gasteiger partial charge < -0.3 is 9.15 Å². The molecular formula is C23H22N4O5. The van der Waals surface area contributed by atoms with Gasteiger partial charge in [0.2, 0.25) is 0 Å². The summed E-state index contributed by atoms with van der Waals surface area (Å²) in [5, 5.41) is 6.56. The molecule has 0 saturated heterocycles. The molecule has 1 aliphatic rings. The first-order valence-corrected chi connectivity index (χ1v) is 10.2. The Morgan fingerprint density at radius 3 is 2.53 bits per heavy atom. The lowest BCUT2D eigenvalue weighted by molar-refractivity contribution is -0.135. The Hall–Kier alpha value is -4.14. The van der Waals surface area contributed by atoms with Gasteiger partial charge in [-0.25, -0.2) is 4.79 Å². The van der Waals surface area contributed by atoms with Crippen LogP contribution in [0, 0.1) is 6.92 Å². The Balaban J connectivity index is 1.49. The van der Waals surface area contributed by atoms with Gasteiger partial charge in [0.25, 0.3) is 5.91 Å². The molecule has 0 spiro atoms. The molecule has 164 valence electrons. The number of hydrazone groups is 1. The SMILES string of the molecule is CCOC(=O)C1=NN(c2ccccc2)C(C(=O)NNC(=O)c2oc3ccccc3c2C)C1. The number of anilines is 1.